The minimum atomic E-state index is -0.286. The summed E-state index contributed by atoms with van der Waals surface area (Å²) in [5.41, 5.74) is 1.14. The first-order chi connectivity index (χ1) is 7.92. The van der Waals surface area contributed by atoms with Crippen molar-refractivity contribution < 1.29 is 9.13 Å². The summed E-state index contributed by atoms with van der Waals surface area (Å²) in [5.74, 6) is 0.0563. The van der Waals surface area contributed by atoms with E-state index in [0.717, 1.165) is 12.0 Å². The Balaban J connectivity index is 2.54. The van der Waals surface area contributed by atoms with Gasteiger partial charge in [-0.15, -0.1) is 0 Å². The normalized spacial score (nSPS) is 11.6. The van der Waals surface area contributed by atoms with Crippen LogP contribution in [0, 0.1) is 11.2 Å². The lowest BCUT2D eigenvalue weighted by molar-refractivity contribution is 0.235. The fourth-order valence-corrected chi connectivity index (χ4v) is 1.44. The second-order valence-corrected chi connectivity index (χ2v) is 5.45. The molecule has 0 unspecified atom stereocenters. The van der Waals surface area contributed by atoms with Crippen LogP contribution in [0.1, 0.15) is 32.8 Å². The Hall–Kier alpha value is -1.09. The topological polar surface area (TPSA) is 21.3 Å². The van der Waals surface area contributed by atoms with E-state index in [2.05, 4.69) is 26.1 Å². The van der Waals surface area contributed by atoms with E-state index >= 15 is 0 Å². The molecule has 0 aliphatic heterocycles. The molecule has 1 N–H and O–H groups in total. The van der Waals surface area contributed by atoms with Gasteiger partial charge in [0.05, 0.1) is 6.61 Å². The molecule has 0 aliphatic carbocycles. The van der Waals surface area contributed by atoms with Crippen molar-refractivity contribution >= 4 is 0 Å². The first-order valence-corrected chi connectivity index (χ1v) is 5.98. The summed E-state index contributed by atoms with van der Waals surface area (Å²) in [4.78, 5) is 0. The molecular weight excluding hydrogens is 217 g/mol. The SMILES string of the molecule is CNCc1ccc(OCCC(C)(C)C)c(F)c1. The first kappa shape index (κ1) is 14.0. The molecular formula is C14H22FNO. The van der Waals surface area contributed by atoms with Gasteiger partial charge in [-0.3, -0.25) is 0 Å². The molecule has 17 heavy (non-hydrogen) atoms. The molecule has 0 spiro atoms. The van der Waals surface area contributed by atoms with Gasteiger partial charge in [-0.05, 0) is 36.6 Å². The van der Waals surface area contributed by atoms with E-state index in [1.807, 2.05) is 13.1 Å². The molecule has 0 bridgehead atoms. The summed E-state index contributed by atoms with van der Waals surface area (Å²) in [6.07, 6.45) is 0.907. The quantitative estimate of drug-likeness (QED) is 0.850. The molecule has 0 aromatic heterocycles. The standard InChI is InChI=1S/C14H22FNO/c1-14(2,3)7-8-17-13-6-5-11(10-16-4)9-12(13)15/h5-6,9,16H,7-8,10H2,1-4H3. The number of benzene rings is 1. The number of hydrogen-bond acceptors (Lipinski definition) is 2. The molecule has 0 saturated heterocycles. The smallest absolute Gasteiger partial charge is 0.165 e. The van der Waals surface area contributed by atoms with E-state index in [1.54, 1.807) is 6.07 Å². The highest BCUT2D eigenvalue weighted by atomic mass is 19.1. The molecule has 1 rings (SSSR count). The Morgan fingerprint density at radius 2 is 2.00 bits per heavy atom. The van der Waals surface area contributed by atoms with Gasteiger partial charge in [0.1, 0.15) is 0 Å². The van der Waals surface area contributed by atoms with Crippen molar-refractivity contribution in [3.8, 4) is 5.75 Å². The summed E-state index contributed by atoms with van der Waals surface area (Å²) < 4.78 is 19.1. The zero-order valence-electron chi connectivity index (χ0n) is 11.1. The van der Waals surface area contributed by atoms with Crippen LogP contribution in [0.15, 0.2) is 18.2 Å². The number of nitrogens with one attached hydrogen (secondary N) is 1. The van der Waals surface area contributed by atoms with Gasteiger partial charge in [0, 0.05) is 6.54 Å². The van der Waals surface area contributed by atoms with Crippen LogP contribution >= 0.6 is 0 Å². The molecule has 0 heterocycles. The van der Waals surface area contributed by atoms with Gasteiger partial charge >= 0.3 is 0 Å². The van der Waals surface area contributed by atoms with E-state index < -0.39 is 0 Å². The second kappa shape index (κ2) is 6.01. The van der Waals surface area contributed by atoms with Gasteiger partial charge in [-0.2, -0.15) is 0 Å². The van der Waals surface area contributed by atoms with Crippen molar-refractivity contribution in [1.29, 1.82) is 0 Å². The number of rotatable bonds is 5. The van der Waals surface area contributed by atoms with Gasteiger partial charge in [0.15, 0.2) is 11.6 Å². The lowest BCUT2D eigenvalue weighted by Crippen LogP contribution is -2.11. The molecule has 3 heteroatoms. The predicted molar refractivity (Wildman–Crippen MR) is 68.7 cm³/mol. The summed E-state index contributed by atoms with van der Waals surface area (Å²) in [6.45, 7) is 7.64. The fraction of sp³-hybridized carbons (Fsp3) is 0.571. The van der Waals surface area contributed by atoms with Crippen molar-refractivity contribution in [2.75, 3.05) is 13.7 Å². The average molecular weight is 239 g/mol. The van der Waals surface area contributed by atoms with Crippen LogP contribution in [0.25, 0.3) is 0 Å². The first-order valence-electron chi connectivity index (χ1n) is 5.98. The third-order valence-electron chi connectivity index (χ3n) is 2.49. The van der Waals surface area contributed by atoms with Gasteiger partial charge in [0.2, 0.25) is 0 Å². The van der Waals surface area contributed by atoms with E-state index in [-0.39, 0.29) is 11.2 Å². The molecule has 0 amide bonds. The highest BCUT2D eigenvalue weighted by molar-refractivity contribution is 5.29. The number of hydrogen-bond donors (Lipinski definition) is 1. The third-order valence-corrected chi connectivity index (χ3v) is 2.49. The number of ether oxygens (including phenoxy) is 1. The Kier molecular flexibility index (Phi) is 4.94. The van der Waals surface area contributed by atoms with Gasteiger partial charge in [-0.25, -0.2) is 4.39 Å². The van der Waals surface area contributed by atoms with Crippen molar-refractivity contribution in [3.05, 3.63) is 29.6 Å². The molecule has 1 aromatic carbocycles. The monoisotopic (exact) mass is 239 g/mol. The molecule has 1 aromatic rings. The molecule has 0 fully saturated rings. The molecule has 0 radical (unpaired) electrons. The van der Waals surface area contributed by atoms with Crippen molar-refractivity contribution in [1.82, 2.24) is 5.32 Å². The lowest BCUT2D eigenvalue weighted by Gasteiger charge is -2.18. The number of halogens is 1. The zero-order chi connectivity index (χ0) is 12.9. The summed E-state index contributed by atoms with van der Waals surface area (Å²) in [6, 6.07) is 5.10. The van der Waals surface area contributed by atoms with Crippen LogP contribution in [-0.2, 0) is 6.54 Å². The van der Waals surface area contributed by atoms with Crippen molar-refractivity contribution in [2.24, 2.45) is 5.41 Å². The van der Waals surface area contributed by atoms with Crippen LogP contribution in [0.2, 0.25) is 0 Å². The second-order valence-electron chi connectivity index (χ2n) is 5.45. The zero-order valence-corrected chi connectivity index (χ0v) is 11.1. The minimum absolute atomic E-state index is 0.211. The van der Waals surface area contributed by atoms with Crippen LogP contribution < -0.4 is 10.1 Å². The minimum Gasteiger partial charge on any atom is -0.490 e. The molecule has 96 valence electrons. The lowest BCUT2D eigenvalue weighted by atomic mass is 9.93. The molecule has 0 saturated carbocycles. The molecule has 2 nitrogen and oxygen atoms in total. The fourth-order valence-electron chi connectivity index (χ4n) is 1.44. The maximum absolute atomic E-state index is 13.6. The maximum atomic E-state index is 13.6. The van der Waals surface area contributed by atoms with Crippen LogP contribution in [0.4, 0.5) is 4.39 Å². The predicted octanol–water partition coefficient (Wildman–Crippen LogP) is 3.36. The maximum Gasteiger partial charge on any atom is 0.165 e. The highest BCUT2D eigenvalue weighted by Gasteiger charge is 2.11. The summed E-state index contributed by atoms with van der Waals surface area (Å²) >= 11 is 0. The van der Waals surface area contributed by atoms with Gasteiger partial charge < -0.3 is 10.1 Å². The summed E-state index contributed by atoms with van der Waals surface area (Å²) in [5, 5.41) is 2.99. The van der Waals surface area contributed by atoms with Crippen LogP contribution in [0.3, 0.4) is 0 Å². The average Bonchev–Trinajstić information content (AvgIpc) is 2.20. The Labute approximate surface area is 103 Å². The summed E-state index contributed by atoms with van der Waals surface area (Å²) in [7, 11) is 1.84. The molecule has 0 atom stereocenters. The van der Waals surface area contributed by atoms with Gasteiger partial charge in [-0.1, -0.05) is 26.8 Å². The Morgan fingerprint density at radius 1 is 1.29 bits per heavy atom. The van der Waals surface area contributed by atoms with E-state index in [4.69, 9.17) is 4.74 Å². The highest BCUT2D eigenvalue weighted by Crippen LogP contribution is 2.22. The van der Waals surface area contributed by atoms with Crippen LogP contribution in [0.5, 0.6) is 5.75 Å². The molecule has 0 aliphatic rings. The van der Waals surface area contributed by atoms with Crippen molar-refractivity contribution in [3.63, 3.8) is 0 Å². The largest absolute Gasteiger partial charge is 0.490 e. The Bertz CT molecular complexity index is 358. The van der Waals surface area contributed by atoms with E-state index in [0.29, 0.717) is 18.9 Å². The van der Waals surface area contributed by atoms with Crippen molar-refractivity contribution in [2.45, 2.75) is 33.7 Å². The van der Waals surface area contributed by atoms with Crippen LogP contribution in [-0.4, -0.2) is 13.7 Å². The Morgan fingerprint density at radius 3 is 2.53 bits per heavy atom. The van der Waals surface area contributed by atoms with E-state index in [1.165, 1.54) is 6.07 Å². The third kappa shape index (κ3) is 5.18. The van der Waals surface area contributed by atoms with E-state index in [9.17, 15) is 4.39 Å². The van der Waals surface area contributed by atoms with Gasteiger partial charge in [0.25, 0.3) is 0 Å².